The first-order valence-electron chi connectivity index (χ1n) is 6.45. The summed E-state index contributed by atoms with van der Waals surface area (Å²) in [5.41, 5.74) is 6.63. The Balaban J connectivity index is 1.95. The molecule has 0 spiro atoms. The van der Waals surface area contributed by atoms with E-state index >= 15 is 0 Å². The van der Waals surface area contributed by atoms with Crippen LogP contribution < -0.4 is 15.2 Å². The average molecular weight is 251 g/mol. The molecule has 0 aliphatic carbocycles. The number of benzene rings is 1. The molecule has 1 atom stereocenters. The van der Waals surface area contributed by atoms with Crippen molar-refractivity contribution in [1.82, 2.24) is 0 Å². The van der Waals surface area contributed by atoms with Gasteiger partial charge < -0.3 is 19.9 Å². The summed E-state index contributed by atoms with van der Waals surface area (Å²) >= 11 is 0. The number of hydrogen-bond acceptors (Lipinski definition) is 4. The van der Waals surface area contributed by atoms with E-state index in [2.05, 4.69) is 0 Å². The highest BCUT2D eigenvalue weighted by Crippen LogP contribution is 2.28. The van der Waals surface area contributed by atoms with Crippen LogP contribution >= 0.6 is 0 Å². The Morgan fingerprint density at radius 3 is 2.89 bits per heavy atom. The van der Waals surface area contributed by atoms with Crippen LogP contribution in [0.1, 0.15) is 24.8 Å². The van der Waals surface area contributed by atoms with Crippen LogP contribution in [0.25, 0.3) is 0 Å². The molecule has 1 saturated heterocycles. The van der Waals surface area contributed by atoms with Gasteiger partial charge in [0.2, 0.25) is 0 Å². The quantitative estimate of drug-likeness (QED) is 0.870. The normalized spacial score (nSPS) is 19.6. The topological polar surface area (TPSA) is 53.7 Å². The lowest BCUT2D eigenvalue weighted by molar-refractivity contribution is -0.0114. The average Bonchev–Trinajstić information content (AvgIpc) is 2.46. The Kier molecular flexibility index (Phi) is 4.84. The number of methoxy groups -OCH3 is 1. The highest BCUT2D eigenvalue weighted by atomic mass is 16.5. The SMILES string of the molecule is COc1cc(CN)ccc1OCC1CCCCO1. The molecule has 2 N–H and O–H groups in total. The summed E-state index contributed by atoms with van der Waals surface area (Å²) in [5.74, 6) is 1.48. The van der Waals surface area contributed by atoms with E-state index < -0.39 is 0 Å². The van der Waals surface area contributed by atoms with Gasteiger partial charge in [-0.1, -0.05) is 6.07 Å². The van der Waals surface area contributed by atoms with Crippen molar-refractivity contribution >= 4 is 0 Å². The third-order valence-corrected chi connectivity index (χ3v) is 3.16. The van der Waals surface area contributed by atoms with Gasteiger partial charge in [0.05, 0.1) is 13.2 Å². The minimum atomic E-state index is 0.206. The Bertz CT molecular complexity index is 375. The summed E-state index contributed by atoms with van der Waals surface area (Å²) < 4.78 is 16.7. The molecule has 2 rings (SSSR count). The maximum atomic E-state index is 5.78. The molecule has 0 amide bonds. The minimum absolute atomic E-state index is 0.206. The number of ether oxygens (including phenoxy) is 3. The van der Waals surface area contributed by atoms with Crippen LogP contribution in [0.4, 0.5) is 0 Å². The Morgan fingerprint density at radius 1 is 1.33 bits per heavy atom. The van der Waals surface area contributed by atoms with Gasteiger partial charge in [-0.25, -0.2) is 0 Å². The second-order valence-corrected chi connectivity index (χ2v) is 4.49. The van der Waals surface area contributed by atoms with Crippen molar-refractivity contribution in [3.8, 4) is 11.5 Å². The summed E-state index contributed by atoms with van der Waals surface area (Å²) in [4.78, 5) is 0. The van der Waals surface area contributed by atoms with Gasteiger partial charge in [-0.2, -0.15) is 0 Å². The van der Waals surface area contributed by atoms with Gasteiger partial charge in [0.25, 0.3) is 0 Å². The molecule has 1 aromatic rings. The molecule has 4 nitrogen and oxygen atoms in total. The largest absolute Gasteiger partial charge is 0.493 e. The number of rotatable bonds is 5. The standard InChI is InChI=1S/C14H21NO3/c1-16-14-8-11(9-15)5-6-13(14)18-10-12-4-2-3-7-17-12/h5-6,8,12H,2-4,7,9-10,15H2,1H3. The molecule has 0 saturated carbocycles. The Labute approximate surface area is 108 Å². The molecular weight excluding hydrogens is 230 g/mol. The molecule has 1 aliphatic rings. The first-order valence-corrected chi connectivity index (χ1v) is 6.45. The smallest absolute Gasteiger partial charge is 0.161 e. The van der Waals surface area contributed by atoms with E-state index in [-0.39, 0.29) is 6.10 Å². The van der Waals surface area contributed by atoms with E-state index in [0.717, 1.165) is 36.5 Å². The summed E-state index contributed by atoms with van der Waals surface area (Å²) in [7, 11) is 1.64. The molecule has 1 aliphatic heterocycles. The highest BCUT2D eigenvalue weighted by molar-refractivity contribution is 5.42. The van der Waals surface area contributed by atoms with Crippen LogP contribution in [0.15, 0.2) is 18.2 Å². The van der Waals surface area contributed by atoms with Crippen molar-refractivity contribution in [1.29, 1.82) is 0 Å². The molecule has 4 heteroatoms. The summed E-state index contributed by atoms with van der Waals surface area (Å²) in [5, 5.41) is 0. The molecule has 0 aromatic heterocycles. The molecule has 0 bridgehead atoms. The first kappa shape index (κ1) is 13.2. The third kappa shape index (κ3) is 3.37. The van der Waals surface area contributed by atoms with Crippen molar-refractivity contribution in [2.24, 2.45) is 5.73 Å². The van der Waals surface area contributed by atoms with Crippen LogP contribution in [0, 0.1) is 0 Å². The van der Waals surface area contributed by atoms with Crippen molar-refractivity contribution in [3.63, 3.8) is 0 Å². The number of hydrogen-bond donors (Lipinski definition) is 1. The molecule has 1 aromatic carbocycles. The van der Waals surface area contributed by atoms with Gasteiger partial charge in [0.15, 0.2) is 11.5 Å². The van der Waals surface area contributed by atoms with Gasteiger partial charge in [-0.15, -0.1) is 0 Å². The van der Waals surface area contributed by atoms with Gasteiger partial charge in [-0.05, 0) is 37.0 Å². The molecule has 100 valence electrons. The van der Waals surface area contributed by atoms with Crippen LogP contribution in [0.2, 0.25) is 0 Å². The van der Waals surface area contributed by atoms with Crippen LogP contribution in [-0.4, -0.2) is 26.4 Å². The fourth-order valence-corrected chi connectivity index (χ4v) is 2.08. The zero-order chi connectivity index (χ0) is 12.8. The van der Waals surface area contributed by atoms with Gasteiger partial charge in [-0.3, -0.25) is 0 Å². The summed E-state index contributed by atoms with van der Waals surface area (Å²) in [6, 6.07) is 5.78. The fourth-order valence-electron chi connectivity index (χ4n) is 2.08. The third-order valence-electron chi connectivity index (χ3n) is 3.16. The van der Waals surface area contributed by atoms with E-state index in [9.17, 15) is 0 Å². The molecule has 18 heavy (non-hydrogen) atoms. The second-order valence-electron chi connectivity index (χ2n) is 4.49. The van der Waals surface area contributed by atoms with E-state index in [0.29, 0.717) is 13.2 Å². The van der Waals surface area contributed by atoms with E-state index in [1.54, 1.807) is 7.11 Å². The Morgan fingerprint density at radius 2 is 2.22 bits per heavy atom. The van der Waals surface area contributed by atoms with Gasteiger partial charge in [0, 0.05) is 13.2 Å². The lowest BCUT2D eigenvalue weighted by Gasteiger charge is -2.23. The van der Waals surface area contributed by atoms with E-state index in [1.807, 2.05) is 18.2 Å². The van der Waals surface area contributed by atoms with Crippen LogP contribution in [-0.2, 0) is 11.3 Å². The number of nitrogens with two attached hydrogens (primary N) is 1. The Hall–Kier alpha value is -1.26. The van der Waals surface area contributed by atoms with Crippen molar-refractivity contribution in [2.45, 2.75) is 31.9 Å². The minimum Gasteiger partial charge on any atom is -0.493 e. The zero-order valence-electron chi connectivity index (χ0n) is 10.9. The predicted octanol–water partition coefficient (Wildman–Crippen LogP) is 2.10. The van der Waals surface area contributed by atoms with Gasteiger partial charge >= 0.3 is 0 Å². The fraction of sp³-hybridized carbons (Fsp3) is 0.571. The molecular formula is C14H21NO3. The molecule has 0 radical (unpaired) electrons. The molecule has 1 unspecified atom stereocenters. The lowest BCUT2D eigenvalue weighted by Crippen LogP contribution is -2.25. The lowest BCUT2D eigenvalue weighted by atomic mass is 10.1. The highest BCUT2D eigenvalue weighted by Gasteiger charge is 2.15. The van der Waals surface area contributed by atoms with Crippen LogP contribution in [0.5, 0.6) is 11.5 Å². The molecule has 1 heterocycles. The summed E-state index contributed by atoms with van der Waals surface area (Å²) in [6.45, 7) is 1.93. The molecule has 1 fully saturated rings. The van der Waals surface area contributed by atoms with Crippen molar-refractivity contribution in [3.05, 3.63) is 23.8 Å². The van der Waals surface area contributed by atoms with Crippen molar-refractivity contribution < 1.29 is 14.2 Å². The zero-order valence-corrected chi connectivity index (χ0v) is 10.9. The summed E-state index contributed by atoms with van der Waals surface area (Å²) in [6.07, 6.45) is 3.66. The van der Waals surface area contributed by atoms with Gasteiger partial charge in [0.1, 0.15) is 6.61 Å². The predicted molar refractivity (Wildman–Crippen MR) is 70.0 cm³/mol. The monoisotopic (exact) mass is 251 g/mol. The van der Waals surface area contributed by atoms with E-state index in [1.165, 1.54) is 6.42 Å². The van der Waals surface area contributed by atoms with Crippen molar-refractivity contribution in [2.75, 3.05) is 20.3 Å². The first-order chi connectivity index (χ1) is 8.83. The van der Waals surface area contributed by atoms with Crippen LogP contribution in [0.3, 0.4) is 0 Å². The van der Waals surface area contributed by atoms with E-state index in [4.69, 9.17) is 19.9 Å². The maximum Gasteiger partial charge on any atom is 0.161 e. The second kappa shape index (κ2) is 6.61. The maximum absolute atomic E-state index is 5.78.